The van der Waals surface area contributed by atoms with Crippen molar-refractivity contribution in [1.82, 2.24) is 0 Å². The number of hydrogen-bond donors (Lipinski definition) is 1. The molecule has 5 nitrogen and oxygen atoms in total. The Kier molecular flexibility index (Phi) is 8.33. The Labute approximate surface area is 175 Å². The van der Waals surface area contributed by atoms with Crippen molar-refractivity contribution in [2.45, 2.75) is 19.0 Å². The van der Waals surface area contributed by atoms with Crippen molar-refractivity contribution < 1.29 is 32.2 Å². The third-order valence-electron chi connectivity index (χ3n) is 3.98. The minimum atomic E-state index is -4.53. The fourth-order valence-electron chi connectivity index (χ4n) is 2.50. The number of alkyl halides is 3. The van der Waals surface area contributed by atoms with E-state index in [1.165, 1.54) is 13.2 Å². The fraction of sp³-hybridized carbons (Fsp3) is 0.350. The molecule has 2 rings (SSSR count). The molecule has 0 bridgehead atoms. The van der Waals surface area contributed by atoms with E-state index in [9.17, 15) is 18.0 Å². The summed E-state index contributed by atoms with van der Waals surface area (Å²) >= 11 is 3.38. The van der Waals surface area contributed by atoms with E-state index in [-0.39, 0.29) is 31.1 Å². The Morgan fingerprint density at radius 2 is 1.79 bits per heavy atom. The maximum atomic E-state index is 13.0. The number of halogens is 4. The van der Waals surface area contributed by atoms with Crippen molar-refractivity contribution in [2.75, 3.05) is 32.8 Å². The summed E-state index contributed by atoms with van der Waals surface area (Å²) < 4.78 is 55.3. The largest absolute Gasteiger partial charge is 0.496 e. The van der Waals surface area contributed by atoms with Crippen LogP contribution in [0.2, 0.25) is 0 Å². The lowest BCUT2D eigenvalue weighted by Gasteiger charge is -2.15. The third-order valence-corrected chi connectivity index (χ3v) is 4.60. The van der Waals surface area contributed by atoms with Gasteiger partial charge in [-0.3, -0.25) is 4.79 Å². The molecule has 0 radical (unpaired) electrons. The predicted molar refractivity (Wildman–Crippen MR) is 106 cm³/mol. The van der Waals surface area contributed by atoms with Gasteiger partial charge in [0.2, 0.25) is 5.91 Å². The molecule has 0 aliphatic rings. The number of amides is 1. The minimum absolute atomic E-state index is 0.0307. The first-order valence-corrected chi connectivity index (χ1v) is 9.49. The van der Waals surface area contributed by atoms with Gasteiger partial charge < -0.3 is 19.5 Å². The second kappa shape index (κ2) is 10.5. The van der Waals surface area contributed by atoms with Crippen molar-refractivity contribution in [2.24, 2.45) is 0 Å². The number of carbonyl (C=O) groups excluding carboxylic acids is 1. The SMILES string of the molecule is COCCOc1ccc(C(F)(F)F)cc1NC(=O)CCc1ccc(OC)c(Br)c1. The van der Waals surface area contributed by atoms with E-state index in [2.05, 4.69) is 21.2 Å². The lowest BCUT2D eigenvalue weighted by atomic mass is 10.1. The number of aryl methyl sites for hydroxylation is 1. The molecule has 0 unspecified atom stereocenters. The topological polar surface area (TPSA) is 56.8 Å². The van der Waals surface area contributed by atoms with Gasteiger partial charge in [-0.2, -0.15) is 13.2 Å². The molecular formula is C20H21BrF3NO4. The van der Waals surface area contributed by atoms with Gasteiger partial charge in [0, 0.05) is 13.5 Å². The Hall–Kier alpha value is -2.26. The number of nitrogens with one attached hydrogen (secondary N) is 1. The molecule has 1 N–H and O–H groups in total. The maximum Gasteiger partial charge on any atom is 0.416 e. The number of methoxy groups -OCH3 is 2. The molecule has 0 aromatic heterocycles. The van der Waals surface area contributed by atoms with Crippen LogP contribution in [0.15, 0.2) is 40.9 Å². The van der Waals surface area contributed by atoms with Gasteiger partial charge in [-0.05, 0) is 58.2 Å². The molecule has 0 spiro atoms. The molecule has 2 aromatic rings. The number of hydrogen-bond acceptors (Lipinski definition) is 4. The highest BCUT2D eigenvalue weighted by atomic mass is 79.9. The molecular weight excluding hydrogens is 455 g/mol. The molecule has 0 fully saturated rings. The zero-order chi connectivity index (χ0) is 21.4. The van der Waals surface area contributed by atoms with Gasteiger partial charge in [-0.25, -0.2) is 0 Å². The van der Waals surface area contributed by atoms with Gasteiger partial charge in [0.15, 0.2) is 0 Å². The van der Waals surface area contributed by atoms with Crippen LogP contribution in [-0.2, 0) is 22.1 Å². The van der Waals surface area contributed by atoms with Crippen molar-refractivity contribution >= 4 is 27.5 Å². The number of benzene rings is 2. The van der Waals surface area contributed by atoms with Gasteiger partial charge in [0.05, 0.1) is 29.4 Å². The molecule has 1 amide bonds. The Balaban J connectivity index is 2.09. The average molecular weight is 476 g/mol. The minimum Gasteiger partial charge on any atom is -0.496 e. The highest BCUT2D eigenvalue weighted by Gasteiger charge is 2.31. The molecule has 2 aromatic carbocycles. The second-order valence-electron chi connectivity index (χ2n) is 6.07. The van der Waals surface area contributed by atoms with E-state index in [1.54, 1.807) is 13.2 Å². The highest BCUT2D eigenvalue weighted by molar-refractivity contribution is 9.10. The average Bonchev–Trinajstić information content (AvgIpc) is 2.67. The fourth-order valence-corrected chi connectivity index (χ4v) is 3.09. The summed E-state index contributed by atoms with van der Waals surface area (Å²) in [6.07, 6.45) is -4.03. The molecule has 0 heterocycles. The summed E-state index contributed by atoms with van der Waals surface area (Å²) in [5.41, 5.74) is -0.0174. The first kappa shape index (κ1) is 23.0. The Morgan fingerprint density at radius 1 is 1.07 bits per heavy atom. The lowest BCUT2D eigenvalue weighted by Crippen LogP contribution is -2.15. The van der Waals surface area contributed by atoms with Crippen molar-refractivity contribution in [1.29, 1.82) is 0 Å². The van der Waals surface area contributed by atoms with Gasteiger partial charge in [0.1, 0.15) is 18.1 Å². The van der Waals surface area contributed by atoms with Crippen LogP contribution in [0.3, 0.4) is 0 Å². The van der Waals surface area contributed by atoms with Crippen molar-refractivity contribution in [3.63, 3.8) is 0 Å². The molecule has 29 heavy (non-hydrogen) atoms. The number of carbonyl (C=O) groups is 1. The van der Waals surface area contributed by atoms with E-state index in [0.29, 0.717) is 12.2 Å². The summed E-state index contributed by atoms with van der Waals surface area (Å²) in [7, 11) is 3.03. The first-order valence-electron chi connectivity index (χ1n) is 8.70. The van der Waals surface area contributed by atoms with Crippen molar-refractivity contribution in [3.8, 4) is 11.5 Å². The van der Waals surface area contributed by atoms with Crippen LogP contribution in [0.25, 0.3) is 0 Å². The van der Waals surface area contributed by atoms with E-state index < -0.39 is 17.6 Å². The molecule has 0 aliphatic carbocycles. The van der Waals surface area contributed by atoms with Gasteiger partial charge in [-0.1, -0.05) is 6.07 Å². The summed E-state index contributed by atoms with van der Waals surface area (Å²) in [6.45, 7) is 0.408. The normalized spacial score (nSPS) is 11.2. The summed E-state index contributed by atoms with van der Waals surface area (Å²) in [5.74, 6) is 0.392. The molecule has 9 heteroatoms. The summed E-state index contributed by atoms with van der Waals surface area (Å²) in [6, 6.07) is 8.38. The summed E-state index contributed by atoms with van der Waals surface area (Å²) in [4.78, 5) is 12.3. The van der Waals surface area contributed by atoms with E-state index >= 15 is 0 Å². The Bertz CT molecular complexity index is 843. The van der Waals surface area contributed by atoms with Crippen LogP contribution in [0, 0.1) is 0 Å². The molecule has 0 atom stereocenters. The van der Waals surface area contributed by atoms with Crippen LogP contribution in [0.1, 0.15) is 17.5 Å². The lowest BCUT2D eigenvalue weighted by molar-refractivity contribution is -0.137. The smallest absolute Gasteiger partial charge is 0.416 e. The zero-order valence-electron chi connectivity index (χ0n) is 15.9. The third kappa shape index (κ3) is 6.93. The second-order valence-corrected chi connectivity index (χ2v) is 6.92. The van der Waals surface area contributed by atoms with Crippen LogP contribution < -0.4 is 14.8 Å². The molecule has 0 saturated heterocycles. The van der Waals surface area contributed by atoms with E-state index in [0.717, 1.165) is 22.2 Å². The Morgan fingerprint density at radius 3 is 2.41 bits per heavy atom. The van der Waals surface area contributed by atoms with Crippen LogP contribution in [0.5, 0.6) is 11.5 Å². The predicted octanol–water partition coefficient (Wildman–Crippen LogP) is 5.07. The van der Waals surface area contributed by atoms with E-state index in [1.807, 2.05) is 12.1 Å². The first-order chi connectivity index (χ1) is 13.7. The molecule has 0 saturated carbocycles. The van der Waals surface area contributed by atoms with Crippen LogP contribution in [-0.4, -0.2) is 33.3 Å². The molecule has 158 valence electrons. The quantitative estimate of drug-likeness (QED) is 0.514. The van der Waals surface area contributed by atoms with Gasteiger partial charge in [0.25, 0.3) is 0 Å². The van der Waals surface area contributed by atoms with E-state index in [4.69, 9.17) is 14.2 Å². The number of ether oxygens (including phenoxy) is 3. The monoisotopic (exact) mass is 475 g/mol. The van der Waals surface area contributed by atoms with Crippen molar-refractivity contribution in [3.05, 3.63) is 52.0 Å². The summed E-state index contributed by atoms with van der Waals surface area (Å²) in [5, 5.41) is 2.52. The number of rotatable bonds is 9. The standard InChI is InChI=1S/C20H21BrF3NO4/c1-27-9-10-29-18-7-5-14(20(22,23)24)12-16(18)25-19(26)8-4-13-3-6-17(28-2)15(21)11-13/h3,5-7,11-12H,4,8-10H2,1-2H3,(H,25,26). The zero-order valence-corrected chi connectivity index (χ0v) is 17.5. The maximum absolute atomic E-state index is 13.0. The van der Waals surface area contributed by atoms with Gasteiger partial charge >= 0.3 is 6.18 Å². The van der Waals surface area contributed by atoms with Crippen LogP contribution >= 0.6 is 15.9 Å². The number of anilines is 1. The molecule has 0 aliphatic heterocycles. The van der Waals surface area contributed by atoms with Gasteiger partial charge in [-0.15, -0.1) is 0 Å². The van der Waals surface area contributed by atoms with Crippen LogP contribution in [0.4, 0.5) is 18.9 Å². The highest BCUT2D eigenvalue weighted by Crippen LogP contribution is 2.35.